The van der Waals surface area contributed by atoms with Gasteiger partial charge in [-0.05, 0) is 24.4 Å². The van der Waals surface area contributed by atoms with Crippen LogP contribution in [-0.2, 0) is 0 Å². The average Bonchev–Trinajstić information content (AvgIpc) is 2.30. The monoisotopic (exact) mass is 244 g/mol. The van der Waals surface area contributed by atoms with Gasteiger partial charge in [0.05, 0.1) is 17.5 Å². The van der Waals surface area contributed by atoms with Crippen LogP contribution in [0.1, 0.15) is 26.7 Å². The molecule has 0 aliphatic rings. The highest BCUT2D eigenvalue weighted by Gasteiger charge is 2.22. The van der Waals surface area contributed by atoms with Crippen molar-refractivity contribution < 1.29 is 5.11 Å². The first-order valence-electron chi connectivity index (χ1n) is 5.25. The molecule has 0 amide bonds. The highest BCUT2D eigenvalue weighted by molar-refractivity contribution is 6.28. The second kappa shape index (κ2) is 5.32. The minimum atomic E-state index is -0.746. The van der Waals surface area contributed by atoms with E-state index < -0.39 is 5.60 Å². The lowest BCUT2D eigenvalue weighted by molar-refractivity contribution is 0.0456. The van der Waals surface area contributed by atoms with Gasteiger partial charge in [0.15, 0.2) is 5.82 Å². The smallest absolute Gasteiger partial charge is 0.224 e. The van der Waals surface area contributed by atoms with Gasteiger partial charge in [-0.1, -0.05) is 13.8 Å². The van der Waals surface area contributed by atoms with Crippen molar-refractivity contribution in [1.29, 1.82) is 0 Å². The fourth-order valence-electron chi connectivity index (χ4n) is 1.26. The number of hydrogen-bond acceptors (Lipinski definition) is 5. The second-order valence-corrected chi connectivity index (χ2v) is 4.07. The lowest BCUT2D eigenvalue weighted by Gasteiger charge is -2.25. The molecule has 90 valence electrons. The average molecular weight is 245 g/mol. The molecule has 6 heteroatoms. The van der Waals surface area contributed by atoms with Gasteiger partial charge in [0.25, 0.3) is 0 Å². The number of nitrogens with one attached hydrogen (secondary N) is 1. The lowest BCUT2D eigenvalue weighted by atomic mass is 9.98. The van der Waals surface area contributed by atoms with Gasteiger partial charge in [0.1, 0.15) is 0 Å². The van der Waals surface area contributed by atoms with Crippen LogP contribution in [0.15, 0.2) is 6.20 Å². The van der Waals surface area contributed by atoms with Gasteiger partial charge >= 0.3 is 0 Å². The van der Waals surface area contributed by atoms with E-state index in [1.165, 1.54) is 6.20 Å². The Morgan fingerprint density at radius 1 is 1.50 bits per heavy atom. The Labute approximate surface area is 100 Å². The first-order chi connectivity index (χ1) is 7.50. The molecule has 0 aliphatic heterocycles. The predicted molar refractivity (Wildman–Crippen MR) is 65.5 cm³/mol. The van der Waals surface area contributed by atoms with Crippen molar-refractivity contribution in [3.8, 4) is 0 Å². The van der Waals surface area contributed by atoms with Crippen LogP contribution in [0.5, 0.6) is 0 Å². The van der Waals surface area contributed by atoms with E-state index in [0.717, 1.165) is 0 Å². The van der Waals surface area contributed by atoms with E-state index in [-0.39, 0.29) is 5.28 Å². The van der Waals surface area contributed by atoms with Gasteiger partial charge in [0, 0.05) is 6.54 Å². The van der Waals surface area contributed by atoms with E-state index in [1.807, 2.05) is 13.8 Å². The van der Waals surface area contributed by atoms with E-state index in [9.17, 15) is 5.11 Å². The van der Waals surface area contributed by atoms with Crippen molar-refractivity contribution in [2.75, 3.05) is 17.6 Å². The molecule has 1 rings (SSSR count). The van der Waals surface area contributed by atoms with Gasteiger partial charge in [-0.25, -0.2) is 4.98 Å². The standard InChI is InChI=1S/C10H17ClN4O/c1-3-10(16,4-2)6-14-8-7(12)5-13-9(11)15-8/h5,16H,3-4,6,12H2,1-2H3,(H,13,14,15). The molecule has 4 N–H and O–H groups in total. The molecule has 0 unspecified atom stereocenters. The normalized spacial score (nSPS) is 11.5. The maximum atomic E-state index is 10.1. The van der Waals surface area contributed by atoms with Crippen LogP contribution in [0.4, 0.5) is 11.5 Å². The highest BCUT2D eigenvalue weighted by atomic mass is 35.5. The first-order valence-corrected chi connectivity index (χ1v) is 5.63. The quantitative estimate of drug-likeness (QED) is 0.687. The molecule has 0 spiro atoms. The van der Waals surface area contributed by atoms with Crippen LogP contribution in [0, 0.1) is 0 Å². The number of nitrogens with zero attached hydrogens (tertiary/aromatic N) is 2. The number of halogens is 1. The highest BCUT2D eigenvalue weighted by Crippen LogP contribution is 2.19. The summed E-state index contributed by atoms with van der Waals surface area (Å²) in [7, 11) is 0. The molecule has 0 aliphatic carbocycles. The van der Waals surface area contributed by atoms with Gasteiger partial charge in [-0.2, -0.15) is 4.98 Å². The van der Waals surface area contributed by atoms with Crippen molar-refractivity contribution in [2.24, 2.45) is 0 Å². The van der Waals surface area contributed by atoms with Crippen LogP contribution in [0.3, 0.4) is 0 Å². The number of rotatable bonds is 5. The van der Waals surface area contributed by atoms with E-state index >= 15 is 0 Å². The maximum absolute atomic E-state index is 10.1. The fourth-order valence-corrected chi connectivity index (χ4v) is 1.39. The molecule has 0 radical (unpaired) electrons. The molecule has 0 atom stereocenters. The largest absolute Gasteiger partial charge is 0.394 e. The fraction of sp³-hybridized carbons (Fsp3) is 0.600. The Balaban J connectivity index is 2.70. The summed E-state index contributed by atoms with van der Waals surface area (Å²) in [6, 6.07) is 0. The molecule has 16 heavy (non-hydrogen) atoms. The Bertz CT molecular complexity index is 355. The summed E-state index contributed by atoms with van der Waals surface area (Å²) >= 11 is 5.65. The van der Waals surface area contributed by atoms with Gasteiger partial charge < -0.3 is 16.2 Å². The summed E-state index contributed by atoms with van der Waals surface area (Å²) in [4.78, 5) is 7.70. The Morgan fingerprint density at radius 3 is 2.69 bits per heavy atom. The van der Waals surface area contributed by atoms with Crippen molar-refractivity contribution in [1.82, 2.24) is 9.97 Å². The van der Waals surface area contributed by atoms with Crippen molar-refractivity contribution in [3.05, 3.63) is 11.5 Å². The zero-order valence-corrected chi connectivity index (χ0v) is 10.3. The lowest BCUT2D eigenvalue weighted by Crippen LogP contribution is -2.35. The molecule has 5 nitrogen and oxygen atoms in total. The molecule has 0 saturated heterocycles. The van der Waals surface area contributed by atoms with Crippen molar-refractivity contribution in [2.45, 2.75) is 32.3 Å². The maximum Gasteiger partial charge on any atom is 0.224 e. The van der Waals surface area contributed by atoms with Crippen LogP contribution < -0.4 is 11.1 Å². The minimum absolute atomic E-state index is 0.133. The molecular weight excluding hydrogens is 228 g/mol. The molecule has 1 aromatic heterocycles. The van der Waals surface area contributed by atoms with E-state index in [1.54, 1.807) is 0 Å². The molecule has 0 aromatic carbocycles. The zero-order chi connectivity index (χ0) is 12.2. The summed E-state index contributed by atoms with van der Waals surface area (Å²) < 4.78 is 0. The van der Waals surface area contributed by atoms with E-state index in [4.69, 9.17) is 17.3 Å². The topological polar surface area (TPSA) is 84.1 Å². The summed E-state index contributed by atoms with van der Waals surface area (Å²) in [6.07, 6.45) is 2.76. The second-order valence-electron chi connectivity index (χ2n) is 3.73. The molecule has 1 heterocycles. The van der Waals surface area contributed by atoms with Crippen LogP contribution in [0.2, 0.25) is 5.28 Å². The number of anilines is 2. The SMILES string of the molecule is CCC(O)(CC)CNc1nc(Cl)ncc1N. The summed E-state index contributed by atoms with van der Waals surface area (Å²) in [5, 5.41) is 13.2. The predicted octanol–water partition coefficient (Wildman–Crippen LogP) is 1.68. The Morgan fingerprint density at radius 2 is 2.12 bits per heavy atom. The third-order valence-corrected chi connectivity index (χ3v) is 2.87. The molecule has 0 bridgehead atoms. The summed E-state index contributed by atoms with van der Waals surface area (Å²) in [5.74, 6) is 0.459. The van der Waals surface area contributed by atoms with E-state index in [0.29, 0.717) is 30.9 Å². The molecule has 1 aromatic rings. The zero-order valence-electron chi connectivity index (χ0n) is 9.50. The summed E-state index contributed by atoms with van der Waals surface area (Å²) in [5.41, 5.74) is 5.34. The third kappa shape index (κ3) is 3.21. The van der Waals surface area contributed by atoms with Crippen molar-refractivity contribution in [3.63, 3.8) is 0 Å². The molecule has 0 fully saturated rings. The van der Waals surface area contributed by atoms with Gasteiger partial charge in [-0.3, -0.25) is 0 Å². The van der Waals surface area contributed by atoms with Crippen molar-refractivity contribution >= 4 is 23.1 Å². The number of aromatic nitrogens is 2. The number of aliphatic hydroxyl groups is 1. The van der Waals surface area contributed by atoms with E-state index in [2.05, 4.69) is 15.3 Å². The van der Waals surface area contributed by atoms with Crippen LogP contribution in [0.25, 0.3) is 0 Å². The minimum Gasteiger partial charge on any atom is -0.394 e. The van der Waals surface area contributed by atoms with Gasteiger partial charge in [-0.15, -0.1) is 0 Å². The Hall–Kier alpha value is -1.07. The van der Waals surface area contributed by atoms with Gasteiger partial charge in [0.2, 0.25) is 5.28 Å². The molecule has 0 saturated carbocycles. The van der Waals surface area contributed by atoms with Crippen LogP contribution in [-0.4, -0.2) is 27.2 Å². The third-order valence-electron chi connectivity index (χ3n) is 2.69. The summed E-state index contributed by atoms with van der Waals surface area (Å²) in [6.45, 7) is 4.25. The molecular formula is C10H17ClN4O. The number of nitrogens with two attached hydrogens (primary N) is 1. The Kier molecular flexibility index (Phi) is 4.32. The number of nitrogen functional groups attached to an aromatic ring is 1. The first kappa shape index (κ1) is 13.0. The number of hydrogen-bond donors (Lipinski definition) is 3. The van der Waals surface area contributed by atoms with Crippen LogP contribution >= 0.6 is 11.6 Å².